The number of likely N-dealkylation sites (tertiary alicyclic amines) is 1. The fourth-order valence-electron chi connectivity index (χ4n) is 5.39. The number of benzene rings is 1. The smallest absolute Gasteiger partial charge is 0.416 e. The Bertz CT molecular complexity index is 1390. The Kier molecular flexibility index (Phi) is 7.09. The standard InChI is InChI=1S/C28H33F3N4O4/c1-5-38-15-39-22-12-18(28(29,30)31)10-16(2)24(22)21-9-8-20-25(27(3,4)37)35(33-26(20)32-21)14-17-11-23(36)34(13-17)19-6-7-19/h8-10,12,17,19,37H,5-7,11,13-15H2,1-4H3/t17-/m0/s1. The van der Waals surface area contributed by atoms with E-state index in [4.69, 9.17) is 19.6 Å². The number of fused-ring (bicyclic) bond motifs is 1. The Morgan fingerprint density at radius 1 is 1.18 bits per heavy atom. The molecule has 1 aliphatic heterocycles. The summed E-state index contributed by atoms with van der Waals surface area (Å²) in [7, 11) is 0. The molecule has 2 aromatic heterocycles. The maximum absolute atomic E-state index is 13.5. The average molecular weight is 547 g/mol. The number of aliphatic hydroxyl groups is 1. The number of pyridine rings is 1. The molecule has 0 spiro atoms. The zero-order valence-electron chi connectivity index (χ0n) is 22.5. The lowest BCUT2D eigenvalue weighted by Crippen LogP contribution is -2.28. The normalized spacial score (nSPS) is 18.4. The van der Waals surface area contributed by atoms with Gasteiger partial charge in [0.05, 0.1) is 17.0 Å². The summed E-state index contributed by atoms with van der Waals surface area (Å²) in [6, 6.07) is 5.84. The molecule has 1 N–H and O–H groups in total. The van der Waals surface area contributed by atoms with E-state index >= 15 is 0 Å². The van der Waals surface area contributed by atoms with E-state index in [2.05, 4.69) is 0 Å². The summed E-state index contributed by atoms with van der Waals surface area (Å²) >= 11 is 0. The molecule has 1 aliphatic carbocycles. The van der Waals surface area contributed by atoms with Gasteiger partial charge in [-0.2, -0.15) is 18.3 Å². The number of alkyl halides is 3. The molecule has 1 saturated carbocycles. The van der Waals surface area contributed by atoms with Crippen molar-refractivity contribution >= 4 is 16.9 Å². The first-order chi connectivity index (χ1) is 18.4. The largest absolute Gasteiger partial charge is 0.467 e. The molecule has 2 fully saturated rings. The molecule has 210 valence electrons. The number of carbonyl (C=O) groups excluding carboxylic acids is 1. The zero-order valence-corrected chi connectivity index (χ0v) is 22.5. The first-order valence-electron chi connectivity index (χ1n) is 13.2. The summed E-state index contributed by atoms with van der Waals surface area (Å²) in [6.07, 6.45) is -2.01. The lowest BCUT2D eigenvalue weighted by molar-refractivity contribution is -0.137. The van der Waals surface area contributed by atoms with Gasteiger partial charge in [-0.1, -0.05) is 0 Å². The van der Waals surface area contributed by atoms with Crippen LogP contribution >= 0.6 is 0 Å². The number of halogens is 3. The van der Waals surface area contributed by atoms with Crippen LogP contribution in [0.2, 0.25) is 0 Å². The van der Waals surface area contributed by atoms with Crippen LogP contribution in [0.25, 0.3) is 22.3 Å². The molecule has 3 aromatic rings. The molecular formula is C28H33F3N4O4. The summed E-state index contributed by atoms with van der Waals surface area (Å²) in [5.74, 6) is 0.222. The first-order valence-corrected chi connectivity index (χ1v) is 13.2. The molecule has 11 heteroatoms. The number of hydrogen-bond donors (Lipinski definition) is 1. The maximum Gasteiger partial charge on any atom is 0.416 e. The van der Waals surface area contributed by atoms with Crippen molar-refractivity contribution in [2.75, 3.05) is 19.9 Å². The number of nitrogens with zero attached hydrogens (tertiary/aromatic N) is 4. The molecule has 1 amide bonds. The van der Waals surface area contributed by atoms with Crippen LogP contribution in [0, 0.1) is 12.8 Å². The fourth-order valence-corrected chi connectivity index (χ4v) is 5.39. The van der Waals surface area contributed by atoms with E-state index in [0.717, 1.165) is 25.0 Å². The van der Waals surface area contributed by atoms with Gasteiger partial charge >= 0.3 is 6.18 Å². The second-order valence-electron chi connectivity index (χ2n) is 10.9. The minimum Gasteiger partial charge on any atom is -0.467 e. The van der Waals surface area contributed by atoms with Crippen LogP contribution in [0.1, 0.15) is 56.9 Å². The number of hydrogen-bond acceptors (Lipinski definition) is 6. The van der Waals surface area contributed by atoms with Gasteiger partial charge < -0.3 is 19.5 Å². The maximum atomic E-state index is 13.5. The first kappa shape index (κ1) is 27.4. The highest BCUT2D eigenvalue weighted by Crippen LogP contribution is 2.40. The topological polar surface area (TPSA) is 89.7 Å². The Morgan fingerprint density at radius 2 is 1.92 bits per heavy atom. The second-order valence-corrected chi connectivity index (χ2v) is 10.9. The summed E-state index contributed by atoms with van der Waals surface area (Å²) in [5, 5.41) is 16.4. The van der Waals surface area contributed by atoms with Crippen molar-refractivity contribution in [2.24, 2.45) is 5.92 Å². The minimum atomic E-state index is -4.54. The van der Waals surface area contributed by atoms with Crippen molar-refractivity contribution in [1.29, 1.82) is 0 Å². The van der Waals surface area contributed by atoms with Crippen LogP contribution in [0.3, 0.4) is 0 Å². The van der Waals surface area contributed by atoms with Gasteiger partial charge in [0.15, 0.2) is 12.4 Å². The Balaban J connectivity index is 1.54. The summed E-state index contributed by atoms with van der Waals surface area (Å²) in [4.78, 5) is 19.2. The van der Waals surface area contributed by atoms with Gasteiger partial charge in [0.1, 0.15) is 11.4 Å². The Morgan fingerprint density at radius 3 is 2.56 bits per heavy atom. The molecule has 1 saturated heterocycles. The molecule has 8 nitrogen and oxygen atoms in total. The third kappa shape index (κ3) is 5.60. The fraction of sp³-hybridized carbons (Fsp3) is 0.536. The van der Waals surface area contributed by atoms with Crippen molar-refractivity contribution in [1.82, 2.24) is 19.7 Å². The van der Waals surface area contributed by atoms with E-state index in [1.165, 1.54) is 0 Å². The van der Waals surface area contributed by atoms with E-state index in [-0.39, 0.29) is 24.4 Å². The van der Waals surface area contributed by atoms with Gasteiger partial charge in [-0.3, -0.25) is 9.48 Å². The molecule has 3 heterocycles. The van der Waals surface area contributed by atoms with Gasteiger partial charge in [0, 0.05) is 49.0 Å². The molecule has 1 aromatic carbocycles. The van der Waals surface area contributed by atoms with E-state index in [9.17, 15) is 23.1 Å². The molecular weight excluding hydrogens is 513 g/mol. The summed E-state index contributed by atoms with van der Waals surface area (Å²) in [5.41, 5.74) is 0.000851. The van der Waals surface area contributed by atoms with Gasteiger partial charge in [0.2, 0.25) is 5.91 Å². The molecule has 1 atom stereocenters. The van der Waals surface area contributed by atoms with E-state index in [0.29, 0.717) is 65.7 Å². The van der Waals surface area contributed by atoms with E-state index < -0.39 is 17.3 Å². The van der Waals surface area contributed by atoms with Crippen LogP contribution in [-0.4, -0.2) is 56.7 Å². The third-order valence-electron chi connectivity index (χ3n) is 7.23. The molecule has 5 rings (SSSR count). The Hall–Kier alpha value is -3.18. The van der Waals surface area contributed by atoms with Crippen LogP contribution < -0.4 is 4.74 Å². The van der Waals surface area contributed by atoms with E-state index in [1.54, 1.807) is 44.5 Å². The van der Waals surface area contributed by atoms with Crippen molar-refractivity contribution in [3.63, 3.8) is 0 Å². The van der Waals surface area contributed by atoms with Crippen LogP contribution in [0.15, 0.2) is 24.3 Å². The highest BCUT2D eigenvalue weighted by molar-refractivity contribution is 5.84. The number of aromatic nitrogens is 3. The van der Waals surface area contributed by atoms with E-state index in [1.807, 2.05) is 4.90 Å². The van der Waals surface area contributed by atoms with Crippen molar-refractivity contribution in [3.8, 4) is 17.0 Å². The van der Waals surface area contributed by atoms with Crippen LogP contribution in [-0.2, 0) is 27.9 Å². The predicted octanol–water partition coefficient (Wildman–Crippen LogP) is 5.04. The Labute approximate surface area is 224 Å². The average Bonchev–Trinajstić information content (AvgIpc) is 3.51. The molecule has 0 unspecified atom stereocenters. The van der Waals surface area contributed by atoms with Crippen molar-refractivity contribution < 1.29 is 32.5 Å². The molecule has 2 aliphatic rings. The van der Waals surface area contributed by atoms with Gasteiger partial charge in [-0.05, 0) is 70.4 Å². The molecule has 39 heavy (non-hydrogen) atoms. The van der Waals surface area contributed by atoms with Gasteiger partial charge in [-0.25, -0.2) is 4.98 Å². The number of carbonyl (C=O) groups is 1. The number of aryl methyl sites for hydroxylation is 1. The van der Waals surface area contributed by atoms with Crippen LogP contribution in [0.4, 0.5) is 13.2 Å². The molecule has 0 bridgehead atoms. The highest BCUT2D eigenvalue weighted by atomic mass is 19.4. The minimum absolute atomic E-state index is 0.00871. The van der Waals surface area contributed by atoms with Crippen LogP contribution in [0.5, 0.6) is 5.75 Å². The lowest BCUT2D eigenvalue weighted by atomic mass is 9.98. The van der Waals surface area contributed by atoms with Crippen molar-refractivity contribution in [2.45, 2.75) is 71.3 Å². The number of amides is 1. The van der Waals surface area contributed by atoms with Crippen molar-refractivity contribution in [3.05, 3.63) is 41.1 Å². The highest BCUT2D eigenvalue weighted by Gasteiger charge is 2.40. The summed E-state index contributed by atoms with van der Waals surface area (Å²) in [6.45, 7) is 7.93. The SMILES string of the molecule is CCOCOc1cc(C(F)(F)F)cc(C)c1-c1ccc2c(C(C)(C)O)n(C[C@H]3CC(=O)N(C4CC4)C3)nc2n1. The van der Waals surface area contributed by atoms with Gasteiger partial charge in [-0.15, -0.1) is 0 Å². The summed E-state index contributed by atoms with van der Waals surface area (Å²) < 4.78 is 53.2. The monoisotopic (exact) mass is 546 g/mol. The quantitative estimate of drug-likeness (QED) is 0.299. The third-order valence-corrected chi connectivity index (χ3v) is 7.23. The second kappa shape index (κ2) is 10.1. The predicted molar refractivity (Wildman–Crippen MR) is 138 cm³/mol. The molecule has 0 radical (unpaired) electrons. The number of rotatable bonds is 9. The van der Waals surface area contributed by atoms with Gasteiger partial charge in [0.25, 0.3) is 0 Å². The lowest BCUT2D eigenvalue weighted by Gasteiger charge is -2.21. The number of ether oxygens (including phenoxy) is 2. The zero-order chi connectivity index (χ0) is 28.1.